The number of likely N-dealkylation sites (tertiary alicyclic amines) is 1. The van der Waals surface area contributed by atoms with Crippen LogP contribution in [0.4, 0.5) is 0 Å². The highest BCUT2D eigenvalue weighted by molar-refractivity contribution is 5.94. The van der Waals surface area contributed by atoms with Crippen molar-refractivity contribution in [3.8, 4) is 5.75 Å². The number of piperidine rings is 1. The van der Waals surface area contributed by atoms with E-state index in [1.54, 1.807) is 0 Å². The molecule has 1 atom stereocenters. The van der Waals surface area contributed by atoms with Crippen molar-refractivity contribution in [2.45, 2.75) is 25.9 Å². The second kappa shape index (κ2) is 10.2. The smallest absolute Gasteiger partial charge is 0.253 e. The summed E-state index contributed by atoms with van der Waals surface area (Å²) in [6.45, 7) is 2.83. The average Bonchev–Trinajstić information content (AvgIpc) is 2.67. The van der Waals surface area contributed by atoms with Gasteiger partial charge in [0.2, 0.25) is 0 Å². The van der Waals surface area contributed by atoms with Crippen LogP contribution in [0.2, 0.25) is 0 Å². The molecule has 140 valence electrons. The Kier molecular flexibility index (Phi) is 7.95. The predicted molar refractivity (Wildman–Crippen MR) is 107 cm³/mol. The van der Waals surface area contributed by atoms with Gasteiger partial charge in [0.1, 0.15) is 12.4 Å². The lowest BCUT2D eigenvalue weighted by Gasteiger charge is -2.32. The average molecular weight is 375 g/mol. The first-order valence-corrected chi connectivity index (χ1v) is 9.02. The lowest BCUT2D eigenvalue weighted by Crippen LogP contribution is -2.40. The molecule has 1 saturated heterocycles. The predicted octanol–water partition coefficient (Wildman–Crippen LogP) is 3.89. The normalized spacial score (nSPS) is 16.7. The molecule has 1 aliphatic rings. The van der Waals surface area contributed by atoms with Crippen LogP contribution >= 0.6 is 12.4 Å². The summed E-state index contributed by atoms with van der Waals surface area (Å²) < 4.78 is 5.84. The number of hydrogen-bond donors (Lipinski definition) is 1. The van der Waals surface area contributed by atoms with Gasteiger partial charge in [-0.3, -0.25) is 4.79 Å². The number of halogens is 1. The zero-order valence-corrected chi connectivity index (χ0v) is 15.8. The minimum absolute atomic E-state index is 0. The van der Waals surface area contributed by atoms with Crippen LogP contribution in [0.3, 0.4) is 0 Å². The molecule has 1 heterocycles. The van der Waals surface area contributed by atoms with Gasteiger partial charge in [-0.15, -0.1) is 12.4 Å². The van der Waals surface area contributed by atoms with Crippen molar-refractivity contribution >= 4 is 18.3 Å². The maximum Gasteiger partial charge on any atom is 0.253 e. The SMILES string of the molecule is Cl.NCCC1CCCN(C(=O)c2cccc(OCc3ccccc3)c2)C1. The number of benzene rings is 2. The molecule has 2 aromatic carbocycles. The van der Waals surface area contributed by atoms with Gasteiger partial charge in [0.25, 0.3) is 5.91 Å². The molecule has 1 amide bonds. The molecule has 0 saturated carbocycles. The van der Waals surface area contributed by atoms with Crippen LogP contribution in [-0.4, -0.2) is 30.4 Å². The van der Waals surface area contributed by atoms with E-state index in [0.29, 0.717) is 24.6 Å². The molecule has 0 aliphatic carbocycles. The molecule has 0 radical (unpaired) electrons. The number of nitrogens with two attached hydrogens (primary N) is 1. The number of hydrogen-bond acceptors (Lipinski definition) is 3. The first-order valence-electron chi connectivity index (χ1n) is 9.02. The first-order chi connectivity index (χ1) is 12.3. The Hall–Kier alpha value is -2.04. The van der Waals surface area contributed by atoms with E-state index in [-0.39, 0.29) is 18.3 Å². The summed E-state index contributed by atoms with van der Waals surface area (Å²) in [5.74, 6) is 1.34. The van der Waals surface area contributed by atoms with E-state index in [1.807, 2.05) is 59.5 Å². The highest BCUT2D eigenvalue weighted by atomic mass is 35.5. The van der Waals surface area contributed by atoms with Crippen molar-refractivity contribution in [1.29, 1.82) is 0 Å². The van der Waals surface area contributed by atoms with E-state index >= 15 is 0 Å². The lowest BCUT2D eigenvalue weighted by atomic mass is 9.94. The van der Waals surface area contributed by atoms with E-state index in [2.05, 4.69) is 0 Å². The Morgan fingerprint density at radius 1 is 1.15 bits per heavy atom. The molecular weight excluding hydrogens is 348 g/mol. The molecule has 3 rings (SSSR count). The summed E-state index contributed by atoms with van der Waals surface area (Å²) in [6, 6.07) is 17.5. The van der Waals surface area contributed by atoms with Crippen molar-refractivity contribution in [1.82, 2.24) is 4.90 Å². The molecule has 2 aromatic rings. The molecule has 0 aromatic heterocycles. The highest BCUT2D eigenvalue weighted by Gasteiger charge is 2.24. The van der Waals surface area contributed by atoms with Gasteiger partial charge in [-0.05, 0) is 55.5 Å². The number of carbonyl (C=O) groups excluding carboxylic acids is 1. The van der Waals surface area contributed by atoms with E-state index in [1.165, 1.54) is 6.42 Å². The van der Waals surface area contributed by atoms with E-state index in [0.717, 1.165) is 37.2 Å². The Balaban J connectivity index is 0.00000243. The number of carbonyl (C=O) groups is 1. The third-order valence-corrected chi connectivity index (χ3v) is 4.71. The van der Waals surface area contributed by atoms with Gasteiger partial charge < -0.3 is 15.4 Å². The van der Waals surface area contributed by atoms with Gasteiger partial charge >= 0.3 is 0 Å². The Morgan fingerprint density at radius 2 is 1.96 bits per heavy atom. The summed E-state index contributed by atoms with van der Waals surface area (Å²) in [4.78, 5) is 14.8. The fourth-order valence-electron chi connectivity index (χ4n) is 3.36. The summed E-state index contributed by atoms with van der Waals surface area (Å²) >= 11 is 0. The minimum atomic E-state index is 0. The molecule has 1 fully saturated rings. The minimum Gasteiger partial charge on any atom is -0.489 e. The lowest BCUT2D eigenvalue weighted by molar-refractivity contribution is 0.0669. The summed E-state index contributed by atoms with van der Waals surface area (Å²) in [6.07, 6.45) is 3.21. The van der Waals surface area contributed by atoms with Crippen LogP contribution in [0.1, 0.15) is 35.2 Å². The van der Waals surface area contributed by atoms with Crippen molar-refractivity contribution in [2.75, 3.05) is 19.6 Å². The Bertz CT molecular complexity index is 691. The molecule has 2 N–H and O–H groups in total. The number of rotatable bonds is 6. The van der Waals surface area contributed by atoms with Crippen LogP contribution in [0.5, 0.6) is 5.75 Å². The summed E-state index contributed by atoms with van der Waals surface area (Å²) in [5, 5.41) is 0. The van der Waals surface area contributed by atoms with E-state index in [4.69, 9.17) is 10.5 Å². The van der Waals surface area contributed by atoms with Gasteiger partial charge in [-0.1, -0.05) is 36.4 Å². The largest absolute Gasteiger partial charge is 0.489 e. The van der Waals surface area contributed by atoms with Crippen molar-refractivity contribution in [2.24, 2.45) is 11.7 Å². The first kappa shape index (κ1) is 20.3. The second-order valence-corrected chi connectivity index (χ2v) is 6.64. The maximum atomic E-state index is 12.8. The van der Waals surface area contributed by atoms with Crippen LogP contribution in [0.25, 0.3) is 0 Å². The van der Waals surface area contributed by atoms with Gasteiger partial charge in [0.15, 0.2) is 0 Å². The summed E-state index contributed by atoms with van der Waals surface area (Å²) in [7, 11) is 0. The molecule has 0 bridgehead atoms. The van der Waals surface area contributed by atoms with Crippen LogP contribution in [0, 0.1) is 5.92 Å². The molecule has 5 heteroatoms. The molecule has 1 unspecified atom stereocenters. The van der Waals surface area contributed by atoms with Crippen molar-refractivity contribution in [3.05, 3.63) is 65.7 Å². The monoisotopic (exact) mass is 374 g/mol. The fourth-order valence-corrected chi connectivity index (χ4v) is 3.36. The van der Waals surface area contributed by atoms with Gasteiger partial charge in [-0.25, -0.2) is 0 Å². The molecular formula is C21H27ClN2O2. The van der Waals surface area contributed by atoms with Gasteiger partial charge in [0, 0.05) is 18.7 Å². The van der Waals surface area contributed by atoms with Crippen molar-refractivity contribution < 1.29 is 9.53 Å². The third kappa shape index (κ3) is 5.48. The quantitative estimate of drug-likeness (QED) is 0.834. The third-order valence-electron chi connectivity index (χ3n) is 4.71. The Morgan fingerprint density at radius 3 is 2.73 bits per heavy atom. The molecule has 1 aliphatic heterocycles. The zero-order chi connectivity index (χ0) is 17.5. The van der Waals surface area contributed by atoms with Crippen LogP contribution < -0.4 is 10.5 Å². The molecule has 0 spiro atoms. The van der Waals surface area contributed by atoms with E-state index in [9.17, 15) is 4.79 Å². The fraction of sp³-hybridized carbons (Fsp3) is 0.381. The molecule has 26 heavy (non-hydrogen) atoms. The Labute approximate surface area is 161 Å². The summed E-state index contributed by atoms with van der Waals surface area (Å²) in [5.41, 5.74) is 7.48. The van der Waals surface area contributed by atoms with Crippen molar-refractivity contribution in [3.63, 3.8) is 0 Å². The van der Waals surface area contributed by atoms with Crippen LogP contribution in [-0.2, 0) is 6.61 Å². The van der Waals surface area contributed by atoms with Gasteiger partial charge in [-0.2, -0.15) is 0 Å². The number of nitrogens with zero attached hydrogens (tertiary/aromatic N) is 1. The zero-order valence-electron chi connectivity index (χ0n) is 15.0. The topological polar surface area (TPSA) is 55.6 Å². The maximum absolute atomic E-state index is 12.8. The second-order valence-electron chi connectivity index (χ2n) is 6.64. The van der Waals surface area contributed by atoms with Gasteiger partial charge in [0.05, 0.1) is 0 Å². The van der Waals surface area contributed by atoms with Crippen LogP contribution in [0.15, 0.2) is 54.6 Å². The highest BCUT2D eigenvalue weighted by Crippen LogP contribution is 2.22. The standard InChI is InChI=1S/C21H26N2O2.ClH/c22-12-11-17-8-5-13-23(15-17)21(24)19-9-4-10-20(14-19)25-16-18-6-2-1-3-7-18;/h1-4,6-7,9-10,14,17H,5,8,11-13,15-16,22H2;1H. The number of ether oxygens (including phenoxy) is 1. The molecule has 4 nitrogen and oxygen atoms in total. The van der Waals surface area contributed by atoms with E-state index < -0.39 is 0 Å². The number of amides is 1.